The molecule has 2 N–H and O–H groups in total. The molecule has 30 heavy (non-hydrogen) atoms. The Morgan fingerprint density at radius 3 is 2.57 bits per heavy atom. The normalized spacial score (nSPS) is 20.5. The van der Waals surface area contributed by atoms with Gasteiger partial charge in [0, 0.05) is 17.7 Å². The number of fused-ring (bicyclic) bond motifs is 1. The van der Waals surface area contributed by atoms with E-state index in [2.05, 4.69) is 15.4 Å². The van der Waals surface area contributed by atoms with Crippen molar-refractivity contribution in [2.45, 2.75) is 46.0 Å². The van der Waals surface area contributed by atoms with Gasteiger partial charge < -0.3 is 15.4 Å². The summed E-state index contributed by atoms with van der Waals surface area (Å²) in [6, 6.07) is 11.1. The van der Waals surface area contributed by atoms with Gasteiger partial charge in [-0.15, -0.1) is 13.2 Å². The maximum atomic E-state index is 13.2. The number of hydrogen-bond acceptors (Lipinski definition) is 4. The molecule has 1 atom stereocenters. The first kappa shape index (κ1) is 20.3. The molecule has 0 bridgehead atoms. The number of ether oxygens (including phenoxy) is 1. The molecule has 1 heterocycles. The van der Waals surface area contributed by atoms with E-state index >= 15 is 0 Å². The standard InChI is InChI=1S/C23H23F3N2O2/c1-13-7-8-16-17(9-13)28-21(14-5-4-6-15(10-14)30-23(24,25)26)20-18(27-16)11-22(2,3)12-19(20)29/h4-10,21,27-28H,11-12H2,1-3H3/t21-/m1/s1. The number of nitrogens with one attached hydrogen (secondary N) is 2. The Hall–Kier alpha value is -2.96. The molecule has 158 valence electrons. The van der Waals surface area contributed by atoms with E-state index in [0.717, 1.165) is 22.6 Å². The fraction of sp³-hybridized carbons (Fsp3) is 0.348. The number of aryl methyl sites for hydroxylation is 1. The predicted octanol–water partition coefficient (Wildman–Crippen LogP) is 6.12. The third kappa shape index (κ3) is 4.15. The van der Waals surface area contributed by atoms with Crippen molar-refractivity contribution in [3.05, 3.63) is 64.9 Å². The van der Waals surface area contributed by atoms with Gasteiger partial charge in [-0.3, -0.25) is 4.79 Å². The summed E-state index contributed by atoms with van der Waals surface area (Å²) in [7, 11) is 0. The highest BCUT2D eigenvalue weighted by molar-refractivity contribution is 6.01. The van der Waals surface area contributed by atoms with E-state index in [1.807, 2.05) is 39.0 Å². The zero-order valence-electron chi connectivity index (χ0n) is 17.0. The number of allylic oxidation sites excluding steroid dienone is 1. The van der Waals surface area contributed by atoms with Crippen molar-refractivity contribution in [1.82, 2.24) is 0 Å². The monoisotopic (exact) mass is 416 g/mol. The fourth-order valence-corrected chi connectivity index (χ4v) is 4.20. The number of carbonyl (C=O) groups excluding carboxylic acids is 1. The number of hydrogen-bond donors (Lipinski definition) is 2. The molecule has 1 aliphatic carbocycles. The molecular weight excluding hydrogens is 393 g/mol. The lowest BCUT2D eigenvalue weighted by Gasteiger charge is -2.34. The van der Waals surface area contributed by atoms with Crippen LogP contribution in [-0.4, -0.2) is 12.1 Å². The zero-order chi connectivity index (χ0) is 21.7. The second-order valence-corrected chi connectivity index (χ2v) is 8.70. The van der Waals surface area contributed by atoms with Crippen LogP contribution in [0.2, 0.25) is 0 Å². The molecule has 0 fully saturated rings. The Morgan fingerprint density at radius 1 is 1.07 bits per heavy atom. The van der Waals surface area contributed by atoms with Crippen molar-refractivity contribution in [2.75, 3.05) is 10.6 Å². The van der Waals surface area contributed by atoms with Gasteiger partial charge in [-0.1, -0.05) is 32.0 Å². The largest absolute Gasteiger partial charge is 0.573 e. The minimum Gasteiger partial charge on any atom is -0.406 e. The van der Waals surface area contributed by atoms with Crippen LogP contribution >= 0.6 is 0 Å². The summed E-state index contributed by atoms with van der Waals surface area (Å²) in [5, 5.41) is 6.80. The number of halogens is 3. The molecule has 2 aromatic rings. The Labute approximate surface area is 173 Å². The van der Waals surface area contributed by atoms with Gasteiger partial charge in [-0.05, 0) is 54.2 Å². The summed E-state index contributed by atoms with van der Waals surface area (Å²) in [5.41, 5.74) is 4.36. The van der Waals surface area contributed by atoms with Gasteiger partial charge in [-0.2, -0.15) is 0 Å². The van der Waals surface area contributed by atoms with Gasteiger partial charge in [0.05, 0.1) is 17.4 Å². The molecule has 4 rings (SSSR count). The summed E-state index contributed by atoms with van der Waals surface area (Å²) >= 11 is 0. The number of ketones is 1. The third-order valence-electron chi connectivity index (χ3n) is 5.39. The van der Waals surface area contributed by atoms with Crippen LogP contribution in [0.25, 0.3) is 0 Å². The zero-order valence-corrected chi connectivity index (χ0v) is 17.0. The summed E-state index contributed by atoms with van der Waals surface area (Å²) in [4.78, 5) is 13.2. The Kier molecular flexibility index (Phi) is 4.79. The van der Waals surface area contributed by atoms with Crippen LogP contribution in [0.3, 0.4) is 0 Å². The molecule has 0 aromatic heterocycles. The number of rotatable bonds is 2. The second kappa shape index (κ2) is 7.07. The highest BCUT2D eigenvalue weighted by Crippen LogP contribution is 2.46. The Morgan fingerprint density at radius 2 is 1.83 bits per heavy atom. The average molecular weight is 416 g/mol. The van der Waals surface area contributed by atoms with Crippen LogP contribution in [-0.2, 0) is 4.79 Å². The average Bonchev–Trinajstić information content (AvgIpc) is 2.75. The highest BCUT2D eigenvalue weighted by Gasteiger charge is 2.39. The van der Waals surface area contributed by atoms with Crippen molar-refractivity contribution in [2.24, 2.45) is 5.41 Å². The lowest BCUT2D eigenvalue weighted by atomic mass is 9.73. The van der Waals surface area contributed by atoms with Gasteiger partial charge in [0.15, 0.2) is 5.78 Å². The van der Waals surface area contributed by atoms with E-state index in [-0.39, 0.29) is 16.9 Å². The molecule has 1 aliphatic heterocycles. The van der Waals surface area contributed by atoms with Crippen molar-refractivity contribution in [3.63, 3.8) is 0 Å². The van der Waals surface area contributed by atoms with E-state index in [4.69, 9.17) is 0 Å². The third-order valence-corrected chi connectivity index (χ3v) is 5.39. The van der Waals surface area contributed by atoms with Gasteiger partial charge in [0.1, 0.15) is 5.75 Å². The molecule has 0 saturated carbocycles. The van der Waals surface area contributed by atoms with Gasteiger partial charge in [0.25, 0.3) is 0 Å². The number of alkyl halides is 3. The van der Waals surface area contributed by atoms with Crippen LogP contribution in [0.5, 0.6) is 5.75 Å². The minimum absolute atomic E-state index is 0.0158. The number of benzene rings is 2. The summed E-state index contributed by atoms with van der Waals surface area (Å²) in [6.45, 7) is 6.04. The quantitative estimate of drug-likeness (QED) is 0.620. The van der Waals surface area contributed by atoms with E-state index in [1.165, 1.54) is 18.2 Å². The van der Waals surface area contributed by atoms with Crippen molar-refractivity contribution in [1.29, 1.82) is 0 Å². The molecule has 0 amide bonds. The minimum atomic E-state index is -4.78. The maximum Gasteiger partial charge on any atom is 0.573 e. The molecule has 2 aromatic carbocycles. The topological polar surface area (TPSA) is 50.4 Å². The van der Waals surface area contributed by atoms with E-state index in [9.17, 15) is 18.0 Å². The van der Waals surface area contributed by atoms with Crippen molar-refractivity contribution in [3.8, 4) is 5.75 Å². The van der Waals surface area contributed by atoms with Gasteiger partial charge in [0.2, 0.25) is 0 Å². The summed E-state index contributed by atoms with van der Waals surface area (Å²) in [5.74, 6) is -0.327. The first-order chi connectivity index (χ1) is 14.0. The molecule has 0 spiro atoms. The van der Waals surface area contributed by atoms with Gasteiger partial charge >= 0.3 is 6.36 Å². The molecule has 0 radical (unpaired) electrons. The smallest absolute Gasteiger partial charge is 0.406 e. The van der Waals surface area contributed by atoms with Crippen LogP contribution < -0.4 is 15.4 Å². The highest BCUT2D eigenvalue weighted by atomic mass is 19.4. The van der Waals surface area contributed by atoms with E-state index < -0.39 is 12.4 Å². The molecule has 2 aliphatic rings. The van der Waals surface area contributed by atoms with Crippen LogP contribution in [0.1, 0.15) is 43.9 Å². The molecule has 4 nitrogen and oxygen atoms in total. The second-order valence-electron chi connectivity index (χ2n) is 8.70. The maximum absolute atomic E-state index is 13.2. The number of Topliss-reactive ketones (excluding diaryl/α,β-unsaturated/α-hetero) is 1. The van der Waals surface area contributed by atoms with E-state index in [0.29, 0.717) is 24.0 Å². The Balaban J connectivity index is 1.84. The molecule has 0 unspecified atom stereocenters. The first-order valence-electron chi connectivity index (χ1n) is 9.77. The Bertz CT molecular complexity index is 1040. The fourth-order valence-electron chi connectivity index (χ4n) is 4.20. The number of carbonyl (C=O) groups is 1. The number of anilines is 2. The van der Waals surface area contributed by atoms with E-state index in [1.54, 1.807) is 6.07 Å². The van der Waals surface area contributed by atoms with Crippen LogP contribution in [0.4, 0.5) is 24.5 Å². The van der Waals surface area contributed by atoms with Crippen LogP contribution in [0, 0.1) is 12.3 Å². The van der Waals surface area contributed by atoms with Crippen molar-refractivity contribution >= 4 is 17.2 Å². The molecular formula is C23H23F3N2O2. The molecule has 0 saturated heterocycles. The summed E-state index contributed by atoms with van der Waals surface area (Å²) in [6.07, 6.45) is -3.74. The molecule has 7 heteroatoms. The predicted molar refractivity (Wildman–Crippen MR) is 109 cm³/mol. The van der Waals surface area contributed by atoms with Crippen molar-refractivity contribution < 1.29 is 22.7 Å². The van der Waals surface area contributed by atoms with Gasteiger partial charge in [-0.25, -0.2) is 0 Å². The first-order valence-corrected chi connectivity index (χ1v) is 9.77. The lowest BCUT2D eigenvalue weighted by molar-refractivity contribution is -0.274. The lowest BCUT2D eigenvalue weighted by Crippen LogP contribution is -2.31. The summed E-state index contributed by atoms with van der Waals surface area (Å²) < 4.78 is 42.3. The SMILES string of the molecule is Cc1ccc2c(c1)N[C@H](c1cccc(OC(F)(F)F)c1)C1=C(CC(C)(C)CC1=O)N2. The van der Waals surface area contributed by atoms with Crippen LogP contribution in [0.15, 0.2) is 53.7 Å².